The number of benzene rings is 1. The van der Waals surface area contributed by atoms with Gasteiger partial charge in [-0.3, -0.25) is 4.79 Å². The van der Waals surface area contributed by atoms with Crippen LogP contribution in [0.25, 0.3) is 6.08 Å². The molecule has 19 heavy (non-hydrogen) atoms. The Balaban J connectivity index is 1.96. The molecule has 0 radical (unpaired) electrons. The zero-order valence-corrected chi connectivity index (χ0v) is 12.1. The van der Waals surface area contributed by atoms with Crippen LogP contribution in [-0.2, 0) is 4.79 Å². The Kier molecular flexibility index (Phi) is 5.03. The van der Waals surface area contributed by atoms with Gasteiger partial charge in [0.2, 0.25) is 5.91 Å². The summed E-state index contributed by atoms with van der Waals surface area (Å²) in [6.45, 7) is 0. The van der Waals surface area contributed by atoms with Crippen LogP contribution < -0.4 is 0 Å². The Bertz CT molecular complexity index is 464. The molecule has 0 aliphatic heterocycles. The highest BCUT2D eigenvalue weighted by Gasteiger charge is 2.20. The molecule has 1 saturated carbocycles. The summed E-state index contributed by atoms with van der Waals surface area (Å²) < 4.78 is 0. The van der Waals surface area contributed by atoms with Gasteiger partial charge in [-0.25, -0.2) is 0 Å². The van der Waals surface area contributed by atoms with Crippen molar-refractivity contribution >= 4 is 23.6 Å². The number of halogens is 1. The van der Waals surface area contributed by atoms with E-state index in [2.05, 4.69) is 0 Å². The highest BCUT2D eigenvalue weighted by Crippen LogP contribution is 2.22. The van der Waals surface area contributed by atoms with Crippen molar-refractivity contribution in [1.29, 1.82) is 0 Å². The van der Waals surface area contributed by atoms with Gasteiger partial charge in [-0.05, 0) is 36.6 Å². The van der Waals surface area contributed by atoms with Gasteiger partial charge >= 0.3 is 0 Å². The van der Waals surface area contributed by atoms with Crippen LogP contribution in [0, 0.1) is 0 Å². The van der Waals surface area contributed by atoms with Gasteiger partial charge in [0, 0.05) is 24.2 Å². The summed E-state index contributed by atoms with van der Waals surface area (Å²) in [6.07, 6.45) is 9.51. The summed E-state index contributed by atoms with van der Waals surface area (Å²) in [6, 6.07) is 7.92. The van der Waals surface area contributed by atoms with Crippen LogP contribution >= 0.6 is 11.6 Å². The van der Waals surface area contributed by atoms with Crippen LogP contribution in [0.3, 0.4) is 0 Å². The third-order valence-electron chi connectivity index (χ3n) is 3.74. The number of hydrogen-bond donors (Lipinski definition) is 0. The molecule has 1 aliphatic carbocycles. The first-order valence-electron chi connectivity index (χ1n) is 6.87. The smallest absolute Gasteiger partial charge is 0.246 e. The van der Waals surface area contributed by atoms with Crippen LogP contribution in [0.1, 0.15) is 37.7 Å². The van der Waals surface area contributed by atoms with Crippen molar-refractivity contribution < 1.29 is 4.79 Å². The number of likely N-dealkylation sites (N-methyl/N-ethyl adjacent to an activating group) is 1. The number of carbonyl (C=O) groups excluding carboxylic acids is 1. The molecule has 0 aromatic heterocycles. The van der Waals surface area contributed by atoms with E-state index in [0.29, 0.717) is 11.1 Å². The topological polar surface area (TPSA) is 20.3 Å². The second-order valence-electron chi connectivity index (χ2n) is 5.13. The van der Waals surface area contributed by atoms with Gasteiger partial charge in [-0.15, -0.1) is 0 Å². The summed E-state index contributed by atoms with van der Waals surface area (Å²) in [7, 11) is 1.90. The lowest BCUT2D eigenvalue weighted by molar-refractivity contribution is -0.127. The normalized spacial score (nSPS) is 16.7. The van der Waals surface area contributed by atoms with Crippen molar-refractivity contribution in [2.45, 2.75) is 38.1 Å². The van der Waals surface area contributed by atoms with E-state index in [9.17, 15) is 4.79 Å². The first-order chi connectivity index (χ1) is 9.16. The minimum absolute atomic E-state index is 0.0758. The fourth-order valence-electron chi connectivity index (χ4n) is 2.54. The van der Waals surface area contributed by atoms with E-state index in [1.54, 1.807) is 6.08 Å². The molecule has 0 spiro atoms. The highest BCUT2D eigenvalue weighted by atomic mass is 35.5. The molecule has 0 unspecified atom stereocenters. The Hall–Kier alpha value is -1.28. The lowest BCUT2D eigenvalue weighted by Gasteiger charge is -2.30. The van der Waals surface area contributed by atoms with Gasteiger partial charge in [0.05, 0.1) is 0 Å². The molecular weight excluding hydrogens is 258 g/mol. The summed E-state index contributed by atoms with van der Waals surface area (Å²) in [5.41, 5.74) is 0.956. The van der Waals surface area contributed by atoms with E-state index in [1.807, 2.05) is 42.3 Å². The maximum absolute atomic E-state index is 12.1. The van der Waals surface area contributed by atoms with Gasteiger partial charge in [0.25, 0.3) is 0 Å². The number of rotatable bonds is 3. The van der Waals surface area contributed by atoms with Crippen molar-refractivity contribution in [3.63, 3.8) is 0 Å². The van der Waals surface area contributed by atoms with Gasteiger partial charge in [-0.2, -0.15) is 0 Å². The average Bonchev–Trinajstić information content (AvgIpc) is 2.45. The summed E-state index contributed by atoms with van der Waals surface area (Å²) in [5, 5.41) is 0.690. The molecule has 1 aromatic carbocycles. The third-order valence-corrected chi connectivity index (χ3v) is 3.97. The summed E-state index contributed by atoms with van der Waals surface area (Å²) in [4.78, 5) is 14.0. The molecule has 0 bridgehead atoms. The SMILES string of the molecule is CN(C(=O)/C=C/c1cccc(Cl)c1)C1CCCCC1. The highest BCUT2D eigenvalue weighted by molar-refractivity contribution is 6.30. The van der Waals surface area contributed by atoms with Crippen LogP contribution in [0.2, 0.25) is 5.02 Å². The van der Waals surface area contributed by atoms with Crippen molar-refractivity contribution in [1.82, 2.24) is 4.90 Å². The Morgan fingerprint density at radius 1 is 1.32 bits per heavy atom. The molecule has 0 heterocycles. The maximum atomic E-state index is 12.1. The Labute approximate surface area is 120 Å². The van der Waals surface area contributed by atoms with Crippen molar-refractivity contribution in [2.75, 3.05) is 7.05 Å². The maximum Gasteiger partial charge on any atom is 0.246 e. The molecule has 2 nitrogen and oxygen atoms in total. The first-order valence-corrected chi connectivity index (χ1v) is 7.25. The zero-order valence-electron chi connectivity index (χ0n) is 11.3. The molecule has 1 aromatic rings. The monoisotopic (exact) mass is 277 g/mol. The molecule has 1 aliphatic rings. The predicted octanol–water partition coefficient (Wildman–Crippen LogP) is 4.14. The van der Waals surface area contributed by atoms with E-state index in [4.69, 9.17) is 11.6 Å². The minimum atomic E-state index is 0.0758. The number of nitrogens with zero attached hydrogens (tertiary/aromatic N) is 1. The van der Waals surface area contributed by atoms with Crippen molar-refractivity contribution in [2.24, 2.45) is 0 Å². The van der Waals surface area contributed by atoms with Crippen LogP contribution in [0.15, 0.2) is 30.3 Å². The second kappa shape index (κ2) is 6.76. The molecule has 1 fully saturated rings. The van der Waals surface area contributed by atoms with Gasteiger partial charge in [0.1, 0.15) is 0 Å². The van der Waals surface area contributed by atoms with Gasteiger partial charge in [-0.1, -0.05) is 43.0 Å². The lowest BCUT2D eigenvalue weighted by Crippen LogP contribution is -2.37. The molecular formula is C16H20ClNO. The van der Waals surface area contributed by atoms with E-state index >= 15 is 0 Å². The third kappa shape index (κ3) is 4.10. The van der Waals surface area contributed by atoms with E-state index in [-0.39, 0.29) is 5.91 Å². The van der Waals surface area contributed by atoms with E-state index in [1.165, 1.54) is 19.3 Å². The predicted molar refractivity (Wildman–Crippen MR) is 80.1 cm³/mol. The molecule has 3 heteroatoms. The fourth-order valence-corrected chi connectivity index (χ4v) is 2.74. The Morgan fingerprint density at radius 3 is 2.74 bits per heavy atom. The van der Waals surface area contributed by atoms with E-state index in [0.717, 1.165) is 18.4 Å². The average molecular weight is 278 g/mol. The number of hydrogen-bond acceptors (Lipinski definition) is 1. The fraction of sp³-hybridized carbons (Fsp3) is 0.438. The van der Waals surface area contributed by atoms with Gasteiger partial charge < -0.3 is 4.90 Å². The standard InChI is InChI=1S/C16H20ClNO/c1-18(15-8-3-2-4-9-15)16(19)11-10-13-6-5-7-14(17)12-13/h5-7,10-12,15H,2-4,8-9H2,1H3/b11-10+. The largest absolute Gasteiger partial charge is 0.339 e. The van der Waals surface area contributed by atoms with E-state index < -0.39 is 0 Å². The molecule has 1 amide bonds. The summed E-state index contributed by atoms with van der Waals surface area (Å²) in [5.74, 6) is 0.0758. The van der Waals surface area contributed by atoms with Gasteiger partial charge in [0.15, 0.2) is 0 Å². The Morgan fingerprint density at radius 2 is 2.05 bits per heavy atom. The van der Waals surface area contributed by atoms with Crippen molar-refractivity contribution in [3.8, 4) is 0 Å². The molecule has 2 rings (SSSR count). The van der Waals surface area contributed by atoms with Crippen LogP contribution in [0.4, 0.5) is 0 Å². The number of carbonyl (C=O) groups is 1. The second-order valence-corrected chi connectivity index (χ2v) is 5.57. The summed E-state index contributed by atoms with van der Waals surface area (Å²) >= 11 is 5.92. The zero-order chi connectivity index (χ0) is 13.7. The molecule has 0 saturated heterocycles. The lowest BCUT2D eigenvalue weighted by atomic mass is 9.94. The quantitative estimate of drug-likeness (QED) is 0.760. The van der Waals surface area contributed by atoms with Crippen LogP contribution in [0.5, 0.6) is 0 Å². The molecule has 0 N–H and O–H groups in total. The molecule has 102 valence electrons. The van der Waals surface area contributed by atoms with Crippen LogP contribution in [-0.4, -0.2) is 23.9 Å². The minimum Gasteiger partial charge on any atom is -0.339 e. The number of amides is 1. The van der Waals surface area contributed by atoms with Crippen molar-refractivity contribution in [3.05, 3.63) is 40.9 Å². The first kappa shape index (κ1) is 14.1. The molecule has 0 atom stereocenters.